The molecule has 0 bridgehead atoms. The number of fused-ring (bicyclic) bond motifs is 1. The summed E-state index contributed by atoms with van der Waals surface area (Å²) in [5.41, 5.74) is 2.82. The Bertz CT molecular complexity index is 1930. The molecule has 3 aromatic carbocycles. The van der Waals surface area contributed by atoms with Gasteiger partial charge in [0.15, 0.2) is 27.8 Å². The van der Waals surface area contributed by atoms with Crippen LogP contribution < -0.4 is 33.8 Å². The first-order valence-corrected chi connectivity index (χ1v) is 15.5. The Morgan fingerprint density at radius 1 is 0.933 bits per heavy atom. The molecule has 4 aromatic rings. The summed E-state index contributed by atoms with van der Waals surface area (Å²) in [6, 6.07) is 17.4. The zero-order valence-electron chi connectivity index (χ0n) is 25.6. The quantitative estimate of drug-likeness (QED) is 0.200. The Morgan fingerprint density at radius 2 is 1.67 bits per heavy atom. The van der Waals surface area contributed by atoms with E-state index >= 15 is 0 Å². The van der Waals surface area contributed by atoms with Gasteiger partial charge in [-0.1, -0.05) is 47.2 Å². The van der Waals surface area contributed by atoms with E-state index in [2.05, 4.69) is 4.99 Å². The number of benzene rings is 3. The first-order chi connectivity index (χ1) is 21.8. The highest BCUT2D eigenvalue weighted by Gasteiger charge is 2.34. The van der Waals surface area contributed by atoms with Crippen LogP contribution in [-0.2, 0) is 16.1 Å². The number of hydrogen-bond acceptors (Lipinski definition) is 9. The second-order valence-electron chi connectivity index (χ2n) is 9.97. The van der Waals surface area contributed by atoms with Crippen molar-refractivity contribution in [2.24, 2.45) is 4.99 Å². The molecule has 1 atom stereocenters. The largest absolute Gasteiger partial charge is 0.493 e. The van der Waals surface area contributed by atoms with Gasteiger partial charge in [0.05, 0.1) is 49.3 Å². The van der Waals surface area contributed by atoms with Gasteiger partial charge in [0.25, 0.3) is 5.56 Å². The van der Waals surface area contributed by atoms with Gasteiger partial charge in [-0.25, -0.2) is 9.79 Å². The van der Waals surface area contributed by atoms with Crippen molar-refractivity contribution in [3.8, 4) is 23.0 Å². The molecular formula is C34H33ClN2O7S. The van der Waals surface area contributed by atoms with Crippen molar-refractivity contribution < 1.29 is 28.5 Å². The normalized spacial score (nSPS) is 14.4. The van der Waals surface area contributed by atoms with Crippen LogP contribution in [0.1, 0.15) is 43.5 Å². The Labute approximate surface area is 269 Å². The number of esters is 1. The summed E-state index contributed by atoms with van der Waals surface area (Å²) in [4.78, 5) is 32.4. The van der Waals surface area contributed by atoms with Crippen LogP contribution in [0.15, 0.2) is 81.7 Å². The topological polar surface area (TPSA) is 97.6 Å². The lowest BCUT2D eigenvalue weighted by molar-refractivity contribution is -0.139. The van der Waals surface area contributed by atoms with Crippen LogP contribution in [0.25, 0.3) is 6.08 Å². The minimum atomic E-state index is -0.786. The third-order valence-corrected chi connectivity index (χ3v) is 8.35. The molecule has 1 aromatic heterocycles. The monoisotopic (exact) mass is 648 g/mol. The molecule has 0 aliphatic carbocycles. The predicted octanol–water partition coefficient (Wildman–Crippen LogP) is 5.45. The molecular weight excluding hydrogens is 616 g/mol. The fraction of sp³-hybridized carbons (Fsp3) is 0.265. The van der Waals surface area contributed by atoms with E-state index in [0.717, 1.165) is 11.1 Å². The standard InChI is InChI=1S/C34H33ClN2O7S/c1-6-42-28-18-23(11-15-25(28)40-4)31-30(33(39)43-7-2)20(3)36-34-37(31)32(38)29(45-34)17-22-10-14-26(27(16-22)41-5)44-19-21-8-12-24(35)13-9-21/h8-18,31H,6-7,19H2,1-5H3/b29-17-/t31-/m0/s1. The molecule has 0 amide bonds. The average molecular weight is 649 g/mol. The van der Waals surface area contributed by atoms with Gasteiger partial charge in [0.1, 0.15) is 6.61 Å². The molecule has 0 saturated carbocycles. The number of thiazole rings is 1. The molecule has 0 fully saturated rings. The SMILES string of the molecule is CCOC(=O)C1=C(C)N=c2s/c(=C\c3ccc(OCc4ccc(Cl)cc4)c(OC)c3)c(=O)n2[C@H]1c1ccc(OC)c(OCC)c1. The number of ether oxygens (including phenoxy) is 5. The van der Waals surface area contributed by atoms with Gasteiger partial charge in [-0.15, -0.1) is 0 Å². The van der Waals surface area contributed by atoms with Gasteiger partial charge in [-0.05, 0) is 79.9 Å². The molecule has 9 nitrogen and oxygen atoms in total. The lowest BCUT2D eigenvalue weighted by atomic mass is 9.95. The second-order valence-corrected chi connectivity index (χ2v) is 11.4. The van der Waals surface area contributed by atoms with Crippen LogP contribution in [0, 0.1) is 0 Å². The zero-order valence-corrected chi connectivity index (χ0v) is 27.2. The van der Waals surface area contributed by atoms with Crippen LogP contribution in [0.3, 0.4) is 0 Å². The fourth-order valence-corrected chi connectivity index (χ4v) is 6.20. The predicted molar refractivity (Wildman–Crippen MR) is 173 cm³/mol. The van der Waals surface area contributed by atoms with E-state index in [0.29, 0.717) is 61.8 Å². The average Bonchev–Trinajstić information content (AvgIpc) is 3.34. The van der Waals surface area contributed by atoms with E-state index in [1.807, 2.05) is 43.3 Å². The molecule has 0 radical (unpaired) electrons. The molecule has 0 unspecified atom stereocenters. The van der Waals surface area contributed by atoms with Crippen molar-refractivity contribution in [2.45, 2.75) is 33.4 Å². The second kappa shape index (κ2) is 14.0. The van der Waals surface area contributed by atoms with Crippen molar-refractivity contribution in [2.75, 3.05) is 27.4 Å². The van der Waals surface area contributed by atoms with E-state index in [9.17, 15) is 9.59 Å². The third-order valence-electron chi connectivity index (χ3n) is 7.11. The van der Waals surface area contributed by atoms with Crippen molar-refractivity contribution >= 4 is 35.0 Å². The Hall–Kier alpha value is -4.54. The number of halogens is 1. The van der Waals surface area contributed by atoms with E-state index in [1.54, 1.807) is 58.4 Å². The molecule has 1 aliphatic heterocycles. The molecule has 11 heteroatoms. The number of hydrogen-bond donors (Lipinski definition) is 0. The first-order valence-electron chi connectivity index (χ1n) is 14.3. The number of allylic oxidation sites excluding steroid dienone is 1. The fourth-order valence-electron chi connectivity index (χ4n) is 5.02. The molecule has 2 heterocycles. The summed E-state index contributed by atoms with van der Waals surface area (Å²) in [7, 11) is 3.12. The summed E-state index contributed by atoms with van der Waals surface area (Å²) in [6.07, 6.45) is 1.77. The van der Waals surface area contributed by atoms with Gasteiger partial charge < -0.3 is 23.7 Å². The highest BCUT2D eigenvalue weighted by molar-refractivity contribution is 7.07. The number of methoxy groups -OCH3 is 2. The lowest BCUT2D eigenvalue weighted by Crippen LogP contribution is -2.40. The van der Waals surface area contributed by atoms with E-state index in [1.165, 1.54) is 15.9 Å². The van der Waals surface area contributed by atoms with Crippen LogP contribution >= 0.6 is 22.9 Å². The smallest absolute Gasteiger partial charge is 0.338 e. The first kappa shape index (κ1) is 31.9. The van der Waals surface area contributed by atoms with Crippen LogP contribution in [0.2, 0.25) is 5.02 Å². The molecule has 234 valence electrons. The summed E-state index contributed by atoms with van der Waals surface area (Å²) in [6.45, 7) is 6.29. The van der Waals surface area contributed by atoms with Gasteiger partial charge in [0, 0.05) is 5.02 Å². The van der Waals surface area contributed by atoms with E-state index in [4.69, 9.17) is 35.3 Å². The van der Waals surface area contributed by atoms with Crippen molar-refractivity contribution in [3.05, 3.63) is 113 Å². The van der Waals surface area contributed by atoms with Crippen molar-refractivity contribution in [1.82, 2.24) is 4.57 Å². The molecule has 0 N–H and O–H groups in total. The summed E-state index contributed by atoms with van der Waals surface area (Å²) >= 11 is 7.23. The van der Waals surface area contributed by atoms with Crippen LogP contribution in [-0.4, -0.2) is 38.0 Å². The Kier molecular flexibility index (Phi) is 9.95. The Morgan fingerprint density at radius 3 is 2.36 bits per heavy atom. The number of carbonyl (C=O) groups excluding carboxylic acids is 1. The van der Waals surface area contributed by atoms with Gasteiger partial charge in [-0.2, -0.15) is 0 Å². The number of rotatable bonds is 11. The Balaban J connectivity index is 1.57. The maximum Gasteiger partial charge on any atom is 0.338 e. The highest BCUT2D eigenvalue weighted by atomic mass is 35.5. The van der Waals surface area contributed by atoms with Crippen LogP contribution in [0.4, 0.5) is 0 Å². The number of carbonyl (C=O) groups is 1. The zero-order chi connectivity index (χ0) is 32.1. The molecule has 0 saturated heterocycles. The molecule has 5 rings (SSSR count). The van der Waals surface area contributed by atoms with Gasteiger partial charge in [-0.3, -0.25) is 9.36 Å². The minimum Gasteiger partial charge on any atom is -0.493 e. The molecule has 1 aliphatic rings. The molecule has 0 spiro atoms. The van der Waals surface area contributed by atoms with Crippen molar-refractivity contribution in [1.29, 1.82) is 0 Å². The minimum absolute atomic E-state index is 0.181. The molecule has 45 heavy (non-hydrogen) atoms. The van der Waals surface area contributed by atoms with E-state index in [-0.39, 0.29) is 17.7 Å². The van der Waals surface area contributed by atoms with Gasteiger partial charge in [0.2, 0.25) is 0 Å². The van der Waals surface area contributed by atoms with Gasteiger partial charge >= 0.3 is 5.97 Å². The van der Waals surface area contributed by atoms with Crippen molar-refractivity contribution in [3.63, 3.8) is 0 Å². The lowest BCUT2D eigenvalue weighted by Gasteiger charge is -2.25. The summed E-state index contributed by atoms with van der Waals surface area (Å²) < 4.78 is 30.3. The highest BCUT2D eigenvalue weighted by Crippen LogP contribution is 2.36. The number of aromatic nitrogens is 1. The number of nitrogens with zero attached hydrogens (tertiary/aromatic N) is 2. The van der Waals surface area contributed by atoms with Crippen LogP contribution in [0.5, 0.6) is 23.0 Å². The maximum atomic E-state index is 14.1. The third kappa shape index (κ3) is 6.77. The van der Waals surface area contributed by atoms with E-state index < -0.39 is 12.0 Å². The maximum absolute atomic E-state index is 14.1. The summed E-state index contributed by atoms with van der Waals surface area (Å²) in [5.74, 6) is 1.59. The summed E-state index contributed by atoms with van der Waals surface area (Å²) in [5, 5.41) is 0.656.